The smallest absolute Gasteiger partial charge is 0.210 e. The van der Waals surface area contributed by atoms with Crippen molar-refractivity contribution >= 4 is 11.8 Å². The molecule has 0 saturated carbocycles. The van der Waals surface area contributed by atoms with Crippen molar-refractivity contribution in [3.05, 3.63) is 35.2 Å². The van der Waals surface area contributed by atoms with E-state index in [0.717, 1.165) is 11.3 Å². The zero-order valence-electron chi connectivity index (χ0n) is 14.0. The number of thioether (sulfide) groups is 1. The predicted molar refractivity (Wildman–Crippen MR) is 93.9 cm³/mol. The van der Waals surface area contributed by atoms with Crippen LogP contribution in [0.4, 0.5) is 0 Å². The van der Waals surface area contributed by atoms with Crippen molar-refractivity contribution < 1.29 is 4.74 Å². The number of aryl methyl sites for hydroxylation is 1. The van der Waals surface area contributed by atoms with Gasteiger partial charge in [-0.1, -0.05) is 43.7 Å². The summed E-state index contributed by atoms with van der Waals surface area (Å²) in [7, 11) is 0. The van der Waals surface area contributed by atoms with Crippen molar-refractivity contribution in [1.29, 1.82) is 0 Å². The molecular formula is C17H22N4OS. The van der Waals surface area contributed by atoms with Crippen LogP contribution in [0.3, 0.4) is 0 Å². The van der Waals surface area contributed by atoms with Gasteiger partial charge in [0.25, 0.3) is 0 Å². The minimum atomic E-state index is 0.284. The van der Waals surface area contributed by atoms with Crippen molar-refractivity contribution in [1.82, 2.24) is 14.9 Å². The van der Waals surface area contributed by atoms with Gasteiger partial charge >= 0.3 is 0 Å². The fourth-order valence-electron chi connectivity index (χ4n) is 2.06. The Labute approximate surface area is 141 Å². The molecule has 2 aromatic rings. The van der Waals surface area contributed by atoms with E-state index >= 15 is 0 Å². The van der Waals surface area contributed by atoms with Crippen LogP contribution in [0.5, 0.6) is 5.75 Å². The molecule has 0 aliphatic heterocycles. The van der Waals surface area contributed by atoms with Gasteiger partial charge in [0.2, 0.25) is 5.16 Å². The van der Waals surface area contributed by atoms with E-state index in [0.29, 0.717) is 22.7 Å². The maximum Gasteiger partial charge on any atom is 0.210 e. The molecule has 23 heavy (non-hydrogen) atoms. The number of nitrogens with zero attached hydrogens (tertiary/aromatic N) is 3. The molecule has 2 N–H and O–H groups in total. The highest BCUT2D eigenvalue weighted by Gasteiger charge is 2.13. The number of rotatable bonds is 6. The third kappa shape index (κ3) is 4.42. The van der Waals surface area contributed by atoms with Gasteiger partial charge in [-0.2, -0.15) is 0 Å². The first-order chi connectivity index (χ1) is 11.0. The molecule has 0 aliphatic carbocycles. The largest absolute Gasteiger partial charge is 0.485 e. The first-order valence-electron chi connectivity index (χ1n) is 7.48. The van der Waals surface area contributed by atoms with E-state index in [2.05, 4.69) is 48.0 Å². The minimum Gasteiger partial charge on any atom is -0.485 e. The summed E-state index contributed by atoms with van der Waals surface area (Å²) in [5.41, 5.74) is 2.33. The standard InChI is InChI=1S/C17H22N4OS/c1-5-6-9-23-17-20-19-16(21(17)18)11-22-15-10-13(4)7-8-14(15)12(2)3/h7-8,10,12H,9,11,18H2,1-4H3. The second-order valence-corrected chi connectivity index (χ2v) is 6.41. The lowest BCUT2D eigenvalue weighted by atomic mass is 10.0. The fraction of sp³-hybridized carbons (Fsp3) is 0.412. The zero-order valence-corrected chi connectivity index (χ0v) is 14.8. The average molecular weight is 330 g/mol. The van der Waals surface area contributed by atoms with Crippen LogP contribution in [0.25, 0.3) is 0 Å². The summed E-state index contributed by atoms with van der Waals surface area (Å²) in [5, 5.41) is 8.82. The summed E-state index contributed by atoms with van der Waals surface area (Å²) in [6.07, 6.45) is 0. The van der Waals surface area contributed by atoms with Crippen LogP contribution < -0.4 is 10.6 Å². The van der Waals surface area contributed by atoms with Gasteiger partial charge in [0.05, 0.1) is 5.75 Å². The van der Waals surface area contributed by atoms with Crippen LogP contribution >= 0.6 is 11.8 Å². The molecule has 0 bridgehead atoms. The average Bonchev–Trinajstić information content (AvgIpc) is 2.86. The van der Waals surface area contributed by atoms with Crippen molar-refractivity contribution in [3.63, 3.8) is 0 Å². The van der Waals surface area contributed by atoms with E-state index < -0.39 is 0 Å². The van der Waals surface area contributed by atoms with Crippen molar-refractivity contribution in [2.75, 3.05) is 11.6 Å². The van der Waals surface area contributed by atoms with Gasteiger partial charge in [-0.3, -0.25) is 0 Å². The summed E-state index contributed by atoms with van der Waals surface area (Å²) >= 11 is 1.46. The number of nitrogen functional groups attached to an aromatic ring is 1. The lowest BCUT2D eigenvalue weighted by Crippen LogP contribution is -2.16. The summed E-state index contributed by atoms with van der Waals surface area (Å²) in [6.45, 7) is 8.43. The molecule has 0 aliphatic rings. The van der Waals surface area contributed by atoms with E-state index in [9.17, 15) is 0 Å². The van der Waals surface area contributed by atoms with Gasteiger partial charge < -0.3 is 10.6 Å². The summed E-state index contributed by atoms with van der Waals surface area (Å²) in [4.78, 5) is 0. The van der Waals surface area contributed by atoms with Gasteiger partial charge in [-0.15, -0.1) is 16.1 Å². The minimum absolute atomic E-state index is 0.284. The van der Waals surface area contributed by atoms with Gasteiger partial charge in [0.15, 0.2) is 5.82 Å². The SMILES string of the molecule is CC#CCSc1nnc(COc2cc(C)ccc2C(C)C)n1N. The molecule has 0 spiro atoms. The molecule has 0 atom stereocenters. The number of hydrogen-bond donors (Lipinski definition) is 1. The Kier molecular flexibility index (Phi) is 5.94. The van der Waals surface area contributed by atoms with Crippen LogP contribution in [0.1, 0.15) is 43.6 Å². The summed E-state index contributed by atoms with van der Waals surface area (Å²) in [5.74, 6) is 14.3. The predicted octanol–water partition coefficient (Wildman–Crippen LogP) is 3.12. The molecule has 0 radical (unpaired) electrons. The van der Waals surface area contributed by atoms with E-state index in [1.165, 1.54) is 22.0 Å². The Balaban J connectivity index is 2.09. The molecule has 6 heteroatoms. The molecule has 1 aromatic carbocycles. The number of aromatic nitrogens is 3. The summed E-state index contributed by atoms with van der Waals surface area (Å²) in [6, 6.07) is 6.24. The van der Waals surface area contributed by atoms with E-state index in [1.54, 1.807) is 6.92 Å². The Morgan fingerprint density at radius 1 is 1.35 bits per heavy atom. The molecular weight excluding hydrogens is 308 g/mol. The maximum atomic E-state index is 6.02. The van der Waals surface area contributed by atoms with E-state index in [4.69, 9.17) is 10.6 Å². The van der Waals surface area contributed by atoms with Gasteiger partial charge in [0, 0.05) is 0 Å². The Hall–Kier alpha value is -2.13. The third-order valence-corrected chi connectivity index (χ3v) is 4.16. The lowest BCUT2D eigenvalue weighted by molar-refractivity contribution is 0.287. The van der Waals surface area contributed by atoms with E-state index in [1.807, 2.05) is 13.0 Å². The molecule has 0 amide bonds. The number of hydrogen-bond acceptors (Lipinski definition) is 5. The van der Waals surface area contributed by atoms with Gasteiger partial charge in [0.1, 0.15) is 12.4 Å². The van der Waals surface area contributed by atoms with Crippen LogP contribution in [0.2, 0.25) is 0 Å². The highest BCUT2D eigenvalue weighted by Crippen LogP contribution is 2.28. The third-order valence-electron chi connectivity index (χ3n) is 3.33. The Morgan fingerprint density at radius 2 is 2.13 bits per heavy atom. The van der Waals surface area contributed by atoms with Crippen LogP contribution in [-0.4, -0.2) is 20.6 Å². The monoisotopic (exact) mass is 330 g/mol. The normalized spacial score (nSPS) is 10.5. The first-order valence-corrected chi connectivity index (χ1v) is 8.46. The lowest BCUT2D eigenvalue weighted by Gasteiger charge is -2.14. The summed E-state index contributed by atoms with van der Waals surface area (Å²) < 4.78 is 7.41. The highest BCUT2D eigenvalue weighted by molar-refractivity contribution is 7.99. The van der Waals surface area contributed by atoms with Gasteiger partial charge in [-0.05, 0) is 37.0 Å². The Bertz CT molecular complexity index is 728. The van der Waals surface area contributed by atoms with E-state index in [-0.39, 0.29) is 6.61 Å². The molecule has 1 heterocycles. The maximum absolute atomic E-state index is 6.02. The number of ether oxygens (including phenoxy) is 1. The molecule has 0 saturated heterocycles. The molecule has 0 fully saturated rings. The zero-order chi connectivity index (χ0) is 16.8. The molecule has 122 valence electrons. The second-order valence-electron chi connectivity index (χ2n) is 5.47. The van der Waals surface area contributed by atoms with Gasteiger partial charge in [-0.25, -0.2) is 4.68 Å². The topological polar surface area (TPSA) is 66.0 Å². The van der Waals surface area contributed by atoms with Crippen molar-refractivity contribution in [2.24, 2.45) is 0 Å². The Morgan fingerprint density at radius 3 is 2.83 bits per heavy atom. The highest BCUT2D eigenvalue weighted by atomic mass is 32.2. The van der Waals surface area contributed by atoms with Crippen molar-refractivity contribution in [3.8, 4) is 17.6 Å². The number of benzene rings is 1. The van der Waals surface area contributed by atoms with Crippen molar-refractivity contribution in [2.45, 2.75) is 45.4 Å². The first kappa shape index (κ1) is 17.2. The molecule has 2 rings (SSSR count). The van der Waals surface area contributed by atoms with Crippen LogP contribution in [0.15, 0.2) is 23.4 Å². The molecule has 5 nitrogen and oxygen atoms in total. The number of nitrogens with two attached hydrogens (primary N) is 1. The fourth-order valence-corrected chi connectivity index (χ4v) is 2.75. The quantitative estimate of drug-likeness (QED) is 0.501. The second kappa shape index (κ2) is 7.93. The molecule has 1 aromatic heterocycles. The van der Waals surface area contributed by atoms with Crippen LogP contribution in [-0.2, 0) is 6.61 Å². The molecule has 0 unspecified atom stereocenters. The van der Waals surface area contributed by atoms with Crippen LogP contribution in [0, 0.1) is 18.8 Å².